The number of rotatable bonds is 8. The summed E-state index contributed by atoms with van der Waals surface area (Å²) in [6.45, 7) is 5.76. The van der Waals surface area contributed by atoms with Gasteiger partial charge in [0.2, 0.25) is 15.9 Å². The zero-order valence-corrected chi connectivity index (χ0v) is 19.7. The van der Waals surface area contributed by atoms with E-state index in [-0.39, 0.29) is 24.8 Å². The van der Waals surface area contributed by atoms with Crippen molar-refractivity contribution < 1.29 is 18.0 Å². The maximum Gasteiger partial charge on any atom is 0.253 e. The van der Waals surface area contributed by atoms with Crippen LogP contribution in [-0.4, -0.2) is 38.6 Å². The van der Waals surface area contributed by atoms with Gasteiger partial charge in [-0.05, 0) is 63.6 Å². The Balaban J connectivity index is 2.02. The van der Waals surface area contributed by atoms with E-state index >= 15 is 0 Å². The van der Waals surface area contributed by atoms with E-state index in [4.69, 9.17) is 11.6 Å². The molecule has 0 radical (unpaired) electrons. The molecule has 0 aliphatic heterocycles. The van der Waals surface area contributed by atoms with Crippen molar-refractivity contribution in [1.29, 1.82) is 0 Å². The Bertz CT molecular complexity index is 1030. The fourth-order valence-corrected chi connectivity index (χ4v) is 3.98. The number of nitrogens with one attached hydrogen (secondary N) is 2. The van der Waals surface area contributed by atoms with Crippen LogP contribution in [0.5, 0.6) is 0 Å². The van der Waals surface area contributed by atoms with E-state index in [1.165, 1.54) is 4.31 Å². The smallest absolute Gasteiger partial charge is 0.253 e. The van der Waals surface area contributed by atoms with Crippen molar-refractivity contribution in [3.8, 4) is 0 Å². The molecule has 168 valence electrons. The number of halogens is 1. The molecule has 2 N–H and O–H groups in total. The number of carbonyl (C=O) groups excluding carboxylic acids is 2. The first-order chi connectivity index (χ1) is 14.4. The lowest BCUT2D eigenvalue weighted by Crippen LogP contribution is -2.40. The zero-order chi connectivity index (χ0) is 23.2. The second-order valence-electron chi connectivity index (χ2n) is 8.21. The second-order valence-corrected chi connectivity index (χ2v) is 10.6. The van der Waals surface area contributed by atoms with Gasteiger partial charge in [-0.1, -0.05) is 23.7 Å². The van der Waals surface area contributed by atoms with Crippen molar-refractivity contribution in [2.75, 3.05) is 22.4 Å². The molecule has 0 saturated heterocycles. The molecule has 2 amide bonds. The molecular weight excluding hydrogens is 438 g/mol. The van der Waals surface area contributed by atoms with E-state index in [1.807, 2.05) is 20.8 Å². The van der Waals surface area contributed by atoms with Gasteiger partial charge in [0.25, 0.3) is 5.91 Å². The highest BCUT2D eigenvalue weighted by Gasteiger charge is 2.20. The number of sulfonamides is 1. The average Bonchev–Trinajstić information content (AvgIpc) is 2.64. The molecule has 0 bridgehead atoms. The SMILES string of the molecule is CC(C)(C)NC(=O)c1ccccc1NC(=O)CCCN(c1ccc(Cl)cc1)S(C)(=O)=O. The Morgan fingerprint density at radius 1 is 1.03 bits per heavy atom. The molecule has 0 unspecified atom stereocenters. The Hall–Kier alpha value is -2.58. The van der Waals surface area contributed by atoms with E-state index < -0.39 is 15.6 Å². The Morgan fingerprint density at radius 3 is 2.23 bits per heavy atom. The van der Waals surface area contributed by atoms with Gasteiger partial charge in [0.1, 0.15) is 0 Å². The molecule has 2 rings (SSSR count). The molecule has 0 spiro atoms. The second kappa shape index (κ2) is 10.2. The number of para-hydroxylation sites is 1. The number of anilines is 2. The van der Waals surface area contributed by atoms with Gasteiger partial charge in [0, 0.05) is 23.5 Å². The van der Waals surface area contributed by atoms with Crippen LogP contribution >= 0.6 is 11.6 Å². The van der Waals surface area contributed by atoms with Crippen LogP contribution in [0.4, 0.5) is 11.4 Å². The quantitative estimate of drug-likeness (QED) is 0.614. The van der Waals surface area contributed by atoms with Crippen molar-refractivity contribution in [1.82, 2.24) is 5.32 Å². The van der Waals surface area contributed by atoms with Crippen LogP contribution in [0.15, 0.2) is 48.5 Å². The van der Waals surface area contributed by atoms with E-state index in [1.54, 1.807) is 48.5 Å². The number of hydrogen-bond donors (Lipinski definition) is 2. The molecule has 0 aromatic heterocycles. The van der Waals surface area contributed by atoms with E-state index in [0.717, 1.165) is 6.26 Å². The topological polar surface area (TPSA) is 95.6 Å². The van der Waals surface area contributed by atoms with Crippen molar-refractivity contribution >= 4 is 44.8 Å². The average molecular weight is 466 g/mol. The lowest BCUT2D eigenvalue weighted by Gasteiger charge is -2.22. The summed E-state index contributed by atoms with van der Waals surface area (Å²) in [5.74, 6) is -0.588. The maximum atomic E-state index is 12.5. The minimum atomic E-state index is -3.52. The highest BCUT2D eigenvalue weighted by molar-refractivity contribution is 7.92. The molecule has 0 atom stereocenters. The highest BCUT2D eigenvalue weighted by atomic mass is 35.5. The summed E-state index contributed by atoms with van der Waals surface area (Å²) in [5.41, 5.74) is 0.846. The summed E-state index contributed by atoms with van der Waals surface area (Å²) in [6, 6.07) is 13.2. The molecule has 0 saturated carbocycles. The summed E-state index contributed by atoms with van der Waals surface area (Å²) in [7, 11) is -3.52. The van der Waals surface area contributed by atoms with Crippen LogP contribution in [0.25, 0.3) is 0 Å². The summed E-state index contributed by atoms with van der Waals surface area (Å²) in [6.07, 6.45) is 1.51. The van der Waals surface area contributed by atoms with Crippen LogP contribution in [0, 0.1) is 0 Å². The standard InChI is InChI=1S/C22H28ClN3O4S/c1-22(2,3)25-21(28)18-8-5-6-9-19(18)24-20(27)10-7-15-26(31(4,29)30)17-13-11-16(23)12-14-17/h5-6,8-9,11-14H,7,10,15H2,1-4H3,(H,24,27)(H,25,28). The largest absolute Gasteiger partial charge is 0.347 e. The molecule has 7 nitrogen and oxygen atoms in total. The molecule has 2 aromatic carbocycles. The first-order valence-corrected chi connectivity index (χ1v) is 12.0. The number of amides is 2. The van der Waals surface area contributed by atoms with Gasteiger partial charge in [0.05, 0.1) is 23.2 Å². The minimum Gasteiger partial charge on any atom is -0.347 e. The van der Waals surface area contributed by atoms with Gasteiger partial charge in [-0.3, -0.25) is 13.9 Å². The molecule has 0 heterocycles. The lowest BCUT2D eigenvalue weighted by molar-refractivity contribution is -0.116. The minimum absolute atomic E-state index is 0.0921. The van der Waals surface area contributed by atoms with E-state index in [0.29, 0.717) is 28.4 Å². The first kappa shape index (κ1) is 24.7. The summed E-state index contributed by atoms with van der Waals surface area (Å²) in [5, 5.41) is 6.13. The lowest BCUT2D eigenvalue weighted by atomic mass is 10.1. The van der Waals surface area contributed by atoms with Gasteiger partial charge < -0.3 is 10.6 Å². The maximum absolute atomic E-state index is 12.5. The monoisotopic (exact) mass is 465 g/mol. The van der Waals surface area contributed by atoms with Crippen molar-refractivity contribution in [2.45, 2.75) is 39.2 Å². The molecule has 0 aliphatic rings. The number of nitrogens with zero attached hydrogens (tertiary/aromatic N) is 1. The molecular formula is C22H28ClN3O4S. The van der Waals surface area contributed by atoms with Crippen molar-refractivity contribution in [3.05, 3.63) is 59.1 Å². The number of hydrogen-bond acceptors (Lipinski definition) is 4. The summed E-state index contributed by atoms with van der Waals surface area (Å²) < 4.78 is 25.6. The van der Waals surface area contributed by atoms with Crippen LogP contribution in [0.3, 0.4) is 0 Å². The van der Waals surface area contributed by atoms with Crippen LogP contribution < -0.4 is 14.9 Å². The van der Waals surface area contributed by atoms with Crippen LogP contribution in [-0.2, 0) is 14.8 Å². The third-order valence-electron chi connectivity index (χ3n) is 4.21. The first-order valence-electron chi connectivity index (χ1n) is 9.81. The predicted molar refractivity (Wildman–Crippen MR) is 125 cm³/mol. The van der Waals surface area contributed by atoms with Gasteiger partial charge in [-0.2, -0.15) is 0 Å². The van der Waals surface area contributed by atoms with Crippen molar-refractivity contribution in [3.63, 3.8) is 0 Å². The fourth-order valence-electron chi connectivity index (χ4n) is 2.89. The highest BCUT2D eigenvalue weighted by Crippen LogP contribution is 2.21. The van der Waals surface area contributed by atoms with Gasteiger partial charge in [-0.25, -0.2) is 8.42 Å². The summed E-state index contributed by atoms with van der Waals surface area (Å²) in [4.78, 5) is 25.0. The normalized spacial score (nSPS) is 11.6. The van der Waals surface area contributed by atoms with Crippen LogP contribution in [0.1, 0.15) is 44.0 Å². The third kappa shape index (κ3) is 7.88. The van der Waals surface area contributed by atoms with Gasteiger partial charge in [0.15, 0.2) is 0 Å². The number of benzene rings is 2. The molecule has 0 aliphatic carbocycles. The van der Waals surface area contributed by atoms with E-state index in [2.05, 4.69) is 10.6 Å². The third-order valence-corrected chi connectivity index (χ3v) is 5.66. The molecule has 2 aromatic rings. The van der Waals surface area contributed by atoms with Crippen molar-refractivity contribution in [2.24, 2.45) is 0 Å². The molecule has 0 fully saturated rings. The fraction of sp³-hybridized carbons (Fsp3) is 0.364. The van der Waals surface area contributed by atoms with Crippen LogP contribution in [0.2, 0.25) is 5.02 Å². The Morgan fingerprint density at radius 2 is 1.65 bits per heavy atom. The Labute approximate surface area is 188 Å². The molecule has 31 heavy (non-hydrogen) atoms. The summed E-state index contributed by atoms with van der Waals surface area (Å²) >= 11 is 5.87. The predicted octanol–water partition coefficient (Wildman–Crippen LogP) is 4.05. The Kier molecular flexibility index (Phi) is 8.08. The molecule has 9 heteroatoms. The number of carbonyl (C=O) groups is 2. The van der Waals surface area contributed by atoms with Gasteiger partial charge in [-0.15, -0.1) is 0 Å². The van der Waals surface area contributed by atoms with E-state index in [9.17, 15) is 18.0 Å². The van der Waals surface area contributed by atoms with Gasteiger partial charge >= 0.3 is 0 Å². The zero-order valence-electron chi connectivity index (χ0n) is 18.1.